The minimum Gasteiger partial charge on any atom is -0.329 e. The van der Waals surface area contributed by atoms with Crippen molar-refractivity contribution in [3.05, 3.63) is 12.3 Å². The number of aromatic nitrogens is 2. The highest BCUT2D eigenvalue weighted by molar-refractivity contribution is 5.94. The third kappa shape index (κ3) is 2.13. The van der Waals surface area contributed by atoms with E-state index in [0.29, 0.717) is 6.04 Å². The normalized spacial score (nSPS) is 17.1. The zero-order chi connectivity index (χ0) is 9.97. The van der Waals surface area contributed by atoms with E-state index in [-0.39, 0.29) is 0 Å². The van der Waals surface area contributed by atoms with Crippen LogP contribution in [-0.2, 0) is 7.05 Å². The lowest BCUT2D eigenvalue weighted by Gasteiger charge is -2.07. The first-order valence-corrected chi connectivity index (χ1v) is 5.11. The van der Waals surface area contributed by atoms with E-state index in [1.54, 1.807) is 6.20 Å². The van der Waals surface area contributed by atoms with Crippen LogP contribution in [0.2, 0.25) is 0 Å². The number of hydrogen-bond acceptors (Lipinski definition) is 2. The molecule has 0 amide bonds. The van der Waals surface area contributed by atoms with Gasteiger partial charge in [0, 0.05) is 19.5 Å². The first kappa shape index (κ1) is 9.24. The summed E-state index contributed by atoms with van der Waals surface area (Å²) in [5.74, 6) is 2.07. The van der Waals surface area contributed by atoms with Gasteiger partial charge in [-0.05, 0) is 12.8 Å². The fraction of sp³-hybridized carbons (Fsp3) is 0.600. The van der Waals surface area contributed by atoms with Crippen molar-refractivity contribution in [3.8, 4) is 0 Å². The summed E-state index contributed by atoms with van der Waals surface area (Å²) in [6, 6.07) is 2.53. The highest BCUT2D eigenvalue weighted by Gasteiger charge is 2.20. The summed E-state index contributed by atoms with van der Waals surface area (Å²) in [4.78, 5) is 4.59. The molecule has 0 radical (unpaired) electrons. The van der Waals surface area contributed by atoms with Crippen molar-refractivity contribution in [2.24, 2.45) is 12.0 Å². The summed E-state index contributed by atoms with van der Waals surface area (Å²) in [5, 5.41) is 7.40. The number of amidine groups is 1. The van der Waals surface area contributed by atoms with Crippen molar-refractivity contribution in [3.63, 3.8) is 0 Å². The number of anilines is 1. The zero-order valence-electron chi connectivity index (χ0n) is 8.70. The Labute approximate surface area is 84.0 Å². The second-order valence-electron chi connectivity index (χ2n) is 3.63. The van der Waals surface area contributed by atoms with Crippen LogP contribution in [0, 0.1) is 0 Å². The Hall–Kier alpha value is -1.32. The van der Waals surface area contributed by atoms with Gasteiger partial charge in [0.25, 0.3) is 0 Å². The minimum absolute atomic E-state index is 0.575. The maximum atomic E-state index is 4.59. The second kappa shape index (κ2) is 3.82. The largest absolute Gasteiger partial charge is 0.329 e. The molecule has 1 heterocycles. The zero-order valence-corrected chi connectivity index (χ0v) is 8.70. The van der Waals surface area contributed by atoms with Crippen LogP contribution in [0.4, 0.5) is 5.82 Å². The van der Waals surface area contributed by atoms with Crippen LogP contribution >= 0.6 is 0 Å². The lowest BCUT2D eigenvalue weighted by atomic mass is 10.4. The lowest BCUT2D eigenvalue weighted by Crippen LogP contribution is -2.14. The molecule has 1 aromatic heterocycles. The van der Waals surface area contributed by atoms with Crippen molar-refractivity contribution in [1.82, 2.24) is 9.78 Å². The summed E-state index contributed by atoms with van der Waals surface area (Å²) < 4.78 is 1.82. The number of rotatable bonds is 3. The number of aliphatic imine (C=N–C) groups is 1. The summed E-state index contributed by atoms with van der Waals surface area (Å²) in [6.45, 7) is 2.12. The molecular weight excluding hydrogens is 176 g/mol. The molecule has 4 heteroatoms. The molecule has 1 saturated carbocycles. The van der Waals surface area contributed by atoms with Gasteiger partial charge < -0.3 is 5.32 Å². The lowest BCUT2D eigenvalue weighted by molar-refractivity contribution is 0.777. The first-order chi connectivity index (χ1) is 6.79. The summed E-state index contributed by atoms with van der Waals surface area (Å²) in [6.07, 6.45) is 5.22. The smallest absolute Gasteiger partial charge is 0.129 e. The maximum absolute atomic E-state index is 4.59. The highest BCUT2D eigenvalue weighted by Crippen LogP contribution is 2.24. The van der Waals surface area contributed by atoms with Gasteiger partial charge in [-0.15, -0.1) is 0 Å². The Morgan fingerprint density at radius 2 is 2.50 bits per heavy atom. The predicted molar refractivity (Wildman–Crippen MR) is 57.6 cm³/mol. The Morgan fingerprint density at radius 1 is 1.71 bits per heavy atom. The van der Waals surface area contributed by atoms with Gasteiger partial charge >= 0.3 is 0 Å². The minimum atomic E-state index is 0.575. The third-order valence-electron chi connectivity index (χ3n) is 2.31. The fourth-order valence-corrected chi connectivity index (χ4v) is 1.28. The van der Waals surface area contributed by atoms with Crippen molar-refractivity contribution < 1.29 is 0 Å². The van der Waals surface area contributed by atoms with Gasteiger partial charge in [0.05, 0.1) is 12.2 Å². The van der Waals surface area contributed by atoms with Gasteiger partial charge in [-0.25, -0.2) is 0 Å². The van der Waals surface area contributed by atoms with Gasteiger partial charge in [0.15, 0.2) is 0 Å². The topological polar surface area (TPSA) is 42.2 Å². The number of nitrogens with one attached hydrogen (secondary N) is 1. The molecule has 4 nitrogen and oxygen atoms in total. The maximum Gasteiger partial charge on any atom is 0.129 e. The van der Waals surface area contributed by atoms with E-state index >= 15 is 0 Å². The van der Waals surface area contributed by atoms with Crippen LogP contribution in [-0.4, -0.2) is 21.7 Å². The average molecular weight is 192 g/mol. The molecule has 1 fully saturated rings. The van der Waals surface area contributed by atoms with Crippen LogP contribution in [0.5, 0.6) is 0 Å². The quantitative estimate of drug-likeness (QED) is 0.586. The molecule has 76 valence electrons. The van der Waals surface area contributed by atoms with Crippen molar-refractivity contribution in [1.29, 1.82) is 0 Å². The van der Waals surface area contributed by atoms with Crippen LogP contribution in [0.15, 0.2) is 17.3 Å². The summed E-state index contributed by atoms with van der Waals surface area (Å²) in [5.41, 5.74) is 0. The molecular formula is C10H16N4. The van der Waals surface area contributed by atoms with Gasteiger partial charge in [0.1, 0.15) is 11.7 Å². The van der Waals surface area contributed by atoms with Crippen LogP contribution in [0.1, 0.15) is 26.2 Å². The van der Waals surface area contributed by atoms with Crippen LogP contribution in [0.3, 0.4) is 0 Å². The van der Waals surface area contributed by atoms with Gasteiger partial charge in [-0.1, -0.05) is 6.92 Å². The van der Waals surface area contributed by atoms with Gasteiger partial charge in [-0.3, -0.25) is 9.67 Å². The van der Waals surface area contributed by atoms with E-state index in [1.807, 2.05) is 17.8 Å². The monoisotopic (exact) mass is 192 g/mol. The molecule has 0 spiro atoms. The third-order valence-corrected chi connectivity index (χ3v) is 2.31. The van der Waals surface area contributed by atoms with Crippen molar-refractivity contribution in [2.45, 2.75) is 32.2 Å². The molecule has 2 rings (SSSR count). The fourth-order valence-electron chi connectivity index (χ4n) is 1.28. The van der Waals surface area contributed by atoms with Crippen molar-refractivity contribution >= 4 is 11.7 Å². The molecule has 1 aliphatic carbocycles. The van der Waals surface area contributed by atoms with E-state index < -0.39 is 0 Å². The molecule has 0 unspecified atom stereocenters. The van der Waals surface area contributed by atoms with Crippen molar-refractivity contribution in [2.75, 3.05) is 5.32 Å². The number of hydrogen-bond donors (Lipinski definition) is 1. The Balaban J connectivity index is 2.04. The van der Waals surface area contributed by atoms with E-state index in [0.717, 1.165) is 18.1 Å². The molecule has 0 aliphatic heterocycles. The highest BCUT2D eigenvalue weighted by atomic mass is 15.3. The Bertz CT molecular complexity index is 336. The Morgan fingerprint density at radius 3 is 3.00 bits per heavy atom. The Kier molecular flexibility index (Phi) is 2.52. The molecule has 1 aliphatic rings. The molecule has 0 saturated heterocycles. The van der Waals surface area contributed by atoms with E-state index in [1.165, 1.54) is 12.8 Å². The summed E-state index contributed by atoms with van der Waals surface area (Å²) >= 11 is 0. The number of nitrogens with zero attached hydrogens (tertiary/aromatic N) is 3. The molecule has 14 heavy (non-hydrogen) atoms. The SMILES string of the molecule is CCC(=NC1CC1)Nc1ccnn1C. The van der Waals surface area contributed by atoms with E-state index in [2.05, 4.69) is 22.3 Å². The molecule has 1 aromatic rings. The summed E-state index contributed by atoms with van der Waals surface area (Å²) in [7, 11) is 1.92. The average Bonchev–Trinajstić information content (AvgIpc) is 2.90. The second-order valence-corrected chi connectivity index (χ2v) is 3.63. The van der Waals surface area contributed by atoms with Gasteiger partial charge in [0.2, 0.25) is 0 Å². The first-order valence-electron chi connectivity index (χ1n) is 5.11. The number of aryl methyl sites for hydroxylation is 1. The van der Waals surface area contributed by atoms with E-state index in [9.17, 15) is 0 Å². The molecule has 1 N–H and O–H groups in total. The molecule has 0 aromatic carbocycles. The van der Waals surface area contributed by atoms with E-state index in [4.69, 9.17) is 0 Å². The van der Waals surface area contributed by atoms with Gasteiger partial charge in [-0.2, -0.15) is 5.10 Å². The molecule has 0 bridgehead atoms. The van der Waals surface area contributed by atoms with Crippen LogP contribution in [0.25, 0.3) is 0 Å². The predicted octanol–water partition coefficient (Wildman–Crippen LogP) is 1.80. The van der Waals surface area contributed by atoms with Crippen LogP contribution < -0.4 is 5.32 Å². The standard InChI is InChI=1S/C10H16N4/c1-3-9(12-8-4-5-8)13-10-6-7-11-14(10)2/h6-8H,3-5H2,1-2H3,(H,12,13). The molecule has 0 atom stereocenters.